The molecular weight excluding hydrogens is 222 g/mol. The number of nitrogens with one attached hydrogen (secondary N) is 1. The molecule has 4 heteroatoms. The van der Waals surface area contributed by atoms with Crippen LogP contribution in [-0.2, 0) is 10.0 Å². The molecule has 0 saturated carbocycles. The molecule has 3 nitrogen and oxygen atoms in total. The van der Waals surface area contributed by atoms with E-state index in [0.717, 1.165) is 5.56 Å². The highest BCUT2D eigenvalue weighted by atomic mass is 32.2. The van der Waals surface area contributed by atoms with E-state index < -0.39 is 10.0 Å². The fourth-order valence-electron chi connectivity index (χ4n) is 1.20. The van der Waals surface area contributed by atoms with Crippen LogP contribution in [0.2, 0.25) is 0 Å². The van der Waals surface area contributed by atoms with Crippen molar-refractivity contribution in [2.24, 2.45) is 0 Å². The van der Waals surface area contributed by atoms with Crippen molar-refractivity contribution in [3.8, 4) is 12.3 Å². The average molecular weight is 237 g/mol. The molecule has 0 aliphatic heterocycles. The number of aryl methyl sites for hydroxylation is 1. The third-order valence-corrected chi connectivity index (χ3v) is 3.60. The van der Waals surface area contributed by atoms with Gasteiger partial charge in [0, 0.05) is 13.0 Å². The maximum Gasteiger partial charge on any atom is 0.240 e. The summed E-state index contributed by atoms with van der Waals surface area (Å²) in [6, 6.07) is 6.74. The number of rotatable bonds is 5. The summed E-state index contributed by atoms with van der Waals surface area (Å²) in [7, 11) is -3.38. The molecule has 16 heavy (non-hydrogen) atoms. The third kappa shape index (κ3) is 3.69. The van der Waals surface area contributed by atoms with Gasteiger partial charge in [0.15, 0.2) is 0 Å². The fraction of sp³-hybridized carbons (Fsp3) is 0.333. The Morgan fingerprint density at radius 3 is 2.50 bits per heavy atom. The molecule has 0 aliphatic carbocycles. The molecular formula is C12H15NO2S. The highest BCUT2D eigenvalue weighted by molar-refractivity contribution is 7.89. The molecule has 0 bridgehead atoms. The minimum absolute atomic E-state index is 0.291. The molecule has 0 aromatic heterocycles. The predicted octanol–water partition coefficient (Wildman–Crippen LogP) is 1.69. The molecule has 1 aromatic carbocycles. The maximum atomic E-state index is 11.7. The molecule has 0 radical (unpaired) electrons. The Bertz CT molecular complexity index is 469. The van der Waals surface area contributed by atoms with Gasteiger partial charge in [-0.15, -0.1) is 12.3 Å². The van der Waals surface area contributed by atoms with Gasteiger partial charge in [-0.3, -0.25) is 0 Å². The lowest BCUT2D eigenvalue weighted by Gasteiger charge is -2.05. The molecule has 1 aromatic rings. The first-order valence-electron chi connectivity index (χ1n) is 5.06. The van der Waals surface area contributed by atoms with Gasteiger partial charge in [0.1, 0.15) is 0 Å². The molecule has 0 unspecified atom stereocenters. The van der Waals surface area contributed by atoms with Gasteiger partial charge < -0.3 is 0 Å². The van der Waals surface area contributed by atoms with E-state index in [4.69, 9.17) is 6.42 Å². The first-order valence-corrected chi connectivity index (χ1v) is 6.54. The van der Waals surface area contributed by atoms with Crippen molar-refractivity contribution in [2.75, 3.05) is 6.54 Å². The van der Waals surface area contributed by atoms with Crippen LogP contribution < -0.4 is 4.72 Å². The summed E-state index contributed by atoms with van der Waals surface area (Å²) < 4.78 is 26.0. The molecule has 0 atom stereocenters. The Morgan fingerprint density at radius 2 is 1.94 bits per heavy atom. The van der Waals surface area contributed by atoms with E-state index in [1.807, 2.05) is 6.92 Å². The van der Waals surface area contributed by atoms with Gasteiger partial charge in [0.25, 0.3) is 0 Å². The summed E-state index contributed by atoms with van der Waals surface area (Å²) >= 11 is 0. The molecule has 1 N–H and O–H groups in total. The summed E-state index contributed by atoms with van der Waals surface area (Å²) in [6.45, 7) is 2.29. The highest BCUT2D eigenvalue weighted by Crippen LogP contribution is 2.09. The van der Waals surface area contributed by atoms with E-state index in [9.17, 15) is 8.42 Å². The molecule has 0 spiro atoms. The Hall–Kier alpha value is -1.31. The second-order valence-electron chi connectivity index (χ2n) is 3.52. The van der Waals surface area contributed by atoms with Gasteiger partial charge >= 0.3 is 0 Å². The number of hydrogen-bond donors (Lipinski definition) is 1. The van der Waals surface area contributed by atoms with Crippen molar-refractivity contribution < 1.29 is 8.42 Å². The zero-order valence-corrected chi connectivity index (χ0v) is 10.0. The van der Waals surface area contributed by atoms with Crippen molar-refractivity contribution in [3.05, 3.63) is 29.8 Å². The van der Waals surface area contributed by atoms with E-state index in [1.54, 1.807) is 24.3 Å². The zero-order chi connectivity index (χ0) is 12.0. The topological polar surface area (TPSA) is 46.2 Å². The summed E-state index contributed by atoms with van der Waals surface area (Å²) in [5.41, 5.74) is 1.03. The van der Waals surface area contributed by atoms with Crippen molar-refractivity contribution in [1.29, 1.82) is 0 Å². The second kappa shape index (κ2) is 5.69. The van der Waals surface area contributed by atoms with Crippen LogP contribution in [0.15, 0.2) is 29.2 Å². The van der Waals surface area contributed by atoms with Crippen LogP contribution in [-0.4, -0.2) is 15.0 Å². The Labute approximate surface area is 96.9 Å². The summed E-state index contributed by atoms with van der Waals surface area (Å²) in [5, 5.41) is 0. The molecule has 0 amide bonds. The Balaban J connectivity index is 2.64. The maximum absolute atomic E-state index is 11.7. The van der Waals surface area contributed by atoms with Gasteiger partial charge in [-0.1, -0.05) is 17.7 Å². The van der Waals surface area contributed by atoms with Gasteiger partial charge in [-0.05, 0) is 25.5 Å². The molecule has 0 aliphatic rings. The SMILES string of the molecule is C#CCCCNS(=O)(=O)c1ccc(C)cc1. The van der Waals surface area contributed by atoms with Crippen molar-refractivity contribution in [1.82, 2.24) is 4.72 Å². The van der Waals surface area contributed by atoms with E-state index in [0.29, 0.717) is 24.3 Å². The summed E-state index contributed by atoms with van der Waals surface area (Å²) in [6.07, 6.45) is 6.31. The van der Waals surface area contributed by atoms with Gasteiger partial charge in [0.2, 0.25) is 10.0 Å². The van der Waals surface area contributed by atoms with E-state index in [1.165, 1.54) is 0 Å². The predicted molar refractivity (Wildman–Crippen MR) is 64.4 cm³/mol. The first kappa shape index (κ1) is 12.8. The first-order chi connectivity index (χ1) is 7.56. The summed E-state index contributed by atoms with van der Waals surface area (Å²) in [5.74, 6) is 2.47. The lowest BCUT2D eigenvalue weighted by atomic mass is 10.2. The molecule has 1 rings (SSSR count). The minimum atomic E-state index is -3.38. The number of unbranched alkanes of at least 4 members (excludes halogenated alkanes) is 1. The van der Waals surface area contributed by atoms with Crippen LogP contribution in [0.4, 0.5) is 0 Å². The fourth-order valence-corrected chi connectivity index (χ4v) is 2.27. The minimum Gasteiger partial charge on any atom is -0.211 e. The van der Waals surface area contributed by atoms with Crippen LogP contribution >= 0.6 is 0 Å². The largest absolute Gasteiger partial charge is 0.240 e. The van der Waals surface area contributed by atoms with Crippen LogP contribution in [0.3, 0.4) is 0 Å². The number of hydrogen-bond acceptors (Lipinski definition) is 2. The quantitative estimate of drug-likeness (QED) is 0.625. The highest BCUT2D eigenvalue weighted by Gasteiger charge is 2.11. The average Bonchev–Trinajstić information content (AvgIpc) is 2.25. The van der Waals surface area contributed by atoms with Crippen molar-refractivity contribution in [3.63, 3.8) is 0 Å². The van der Waals surface area contributed by atoms with Crippen LogP contribution in [0, 0.1) is 19.3 Å². The Kier molecular flexibility index (Phi) is 4.53. The van der Waals surface area contributed by atoms with Crippen LogP contribution in [0.5, 0.6) is 0 Å². The van der Waals surface area contributed by atoms with E-state index >= 15 is 0 Å². The van der Waals surface area contributed by atoms with Gasteiger partial charge in [-0.25, -0.2) is 13.1 Å². The number of benzene rings is 1. The van der Waals surface area contributed by atoms with E-state index in [-0.39, 0.29) is 0 Å². The second-order valence-corrected chi connectivity index (χ2v) is 5.29. The molecule has 86 valence electrons. The standard InChI is InChI=1S/C12H15NO2S/c1-3-4-5-10-13-16(14,15)12-8-6-11(2)7-9-12/h1,6-9,13H,4-5,10H2,2H3. The monoisotopic (exact) mass is 237 g/mol. The number of terminal acetylenes is 1. The molecule has 0 heterocycles. The Morgan fingerprint density at radius 1 is 1.31 bits per heavy atom. The summed E-state index contributed by atoms with van der Waals surface area (Å²) in [4.78, 5) is 0.291. The third-order valence-electron chi connectivity index (χ3n) is 2.12. The van der Waals surface area contributed by atoms with Crippen LogP contribution in [0.1, 0.15) is 18.4 Å². The zero-order valence-electron chi connectivity index (χ0n) is 9.23. The smallest absolute Gasteiger partial charge is 0.211 e. The number of sulfonamides is 1. The van der Waals surface area contributed by atoms with Crippen LogP contribution in [0.25, 0.3) is 0 Å². The van der Waals surface area contributed by atoms with E-state index in [2.05, 4.69) is 10.6 Å². The molecule has 0 fully saturated rings. The molecule has 0 saturated heterocycles. The van der Waals surface area contributed by atoms with Gasteiger partial charge in [0.05, 0.1) is 4.90 Å². The lowest BCUT2D eigenvalue weighted by Crippen LogP contribution is -2.24. The van der Waals surface area contributed by atoms with Crippen molar-refractivity contribution in [2.45, 2.75) is 24.7 Å². The van der Waals surface area contributed by atoms with Crippen molar-refractivity contribution >= 4 is 10.0 Å². The van der Waals surface area contributed by atoms with Gasteiger partial charge in [-0.2, -0.15) is 0 Å². The lowest BCUT2D eigenvalue weighted by molar-refractivity contribution is 0.579. The normalized spacial score (nSPS) is 11.0.